The van der Waals surface area contributed by atoms with Gasteiger partial charge in [0.15, 0.2) is 13.6 Å². The SMILES string of the molecule is C=COCOCCC(O)COCC(CC)(COCC(O)C[NH+](CCO)CCO)C(O)CC(O)CCOCOC=C. The minimum atomic E-state index is -1.02. The van der Waals surface area contributed by atoms with E-state index in [0.29, 0.717) is 25.9 Å². The number of rotatable bonds is 30. The molecule has 0 spiro atoms. The highest BCUT2D eigenvalue weighted by molar-refractivity contribution is 4.87. The molecule has 0 aliphatic carbocycles. The molecule has 0 saturated heterocycles. The molecule has 0 bridgehead atoms. The maximum absolute atomic E-state index is 11.2. The zero-order valence-corrected chi connectivity index (χ0v) is 24.0. The minimum Gasteiger partial charge on any atom is -0.476 e. The van der Waals surface area contributed by atoms with Crippen molar-refractivity contribution in [3.8, 4) is 0 Å². The van der Waals surface area contributed by atoms with Crippen LogP contribution in [-0.2, 0) is 28.4 Å². The predicted octanol–water partition coefficient (Wildman–Crippen LogP) is -1.83. The number of aliphatic hydroxyl groups is 6. The molecule has 0 fully saturated rings. The van der Waals surface area contributed by atoms with Gasteiger partial charge in [-0.25, -0.2) is 0 Å². The van der Waals surface area contributed by atoms with Gasteiger partial charge in [0, 0.05) is 11.8 Å². The smallest absolute Gasteiger partial charge is 0.188 e. The highest BCUT2D eigenvalue weighted by Gasteiger charge is 2.38. The first kappa shape index (κ1) is 38.6. The van der Waals surface area contributed by atoms with Gasteiger partial charge in [-0.05, 0) is 19.3 Å². The minimum absolute atomic E-state index is 0.00308. The Kier molecular flexibility index (Phi) is 24.5. The molecule has 13 nitrogen and oxygen atoms in total. The quantitative estimate of drug-likeness (QED) is 0.0285. The van der Waals surface area contributed by atoms with Crippen LogP contribution < -0.4 is 4.90 Å². The Morgan fingerprint density at radius 3 is 1.73 bits per heavy atom. The highest BCUT2D eigenvalue weighted by atomic mass is 16.7. The molecule has 40 heavy (non-hydrogen) atoms. The van der Waals surface area contributed by atoms with Gasteiger partial charge in [0.1, 0.15) is 25.7 Å². The topological polar surface area (TPSA) is 181 Å². The Balaban J connectivity index is 5.06. The molecule has 13 heteroatoms. The third-order valence-electron chi connectivity index (χ3n) is 6.49. The number of hydrogen-bond acceptors (Lipinski definition) is 12. The van der Waals surface area contributed by atoms with E-state index in [1.807, 2.05) is 6.92 Å². The molecule has 5 unspecified atom stereocenters. The van der Waals surface area contributed by atoms with Crippen molar-refractivity contribution in [2.45, 2.75) is 57.0 Å². The van der Waals surface area contributed by atoms with E-state index in [1.165, 1.54) is 12.5 Å². The van der Waals surface area contributed by atoms with Crippen molar-refractivity contribution in [3.63, 3.8) is 0 Å². The second-order valence-electron chi connectivity index (χ2n) is 9.66. The fourth-order valence-electron chi connectivity index (χ4n) is 3.97. The Hall–Kier alpha value is -1.36. The summed E-state index contributed by atoms with van der Waals surface area (Å²) in [6, 6.07) is 0. The van der Waals surface area contributed by atoms with Gasteiger partial charge < -0.3 is 64.0 Å². The lowest BCUT2D eigenvalue weighted by Crippen LogP contribution is -3.14. The van der Waals surface area contributed by atoms with Crippen LogP contribution in [0.5, 0.6) is 0 Å². The summed E-state index contributed by atoms with van der Waals surface area (Å²) in [4.78, 5) is 0.837. The van der Waals surface area contributed by atoms with E-state index in [-0.39, 0.29) is 85.8 Å². The third kappa shape index (κ3) is 18.9. The van der Waals surface area contributed by atoms with Crippen molar-refractivity contribution >= 4 is 0 Å². The van der Waals surface area contributed by atoms with Gasteiger partial charge in [-0.1, -0.05) is 20.1 Å². The molecule has 0 heterocycles. The lowest BCUT2D eigenvalue weighted by molar-refractivity contribution is -0.904. The summed E-state index contributed by atoms with van der Waals surface area (Å²) in [5, 5.41) is 60.7. The summed E-state index contributed by atoms with van der Waals surface area (Å²) < 4.78 is 31.8. The van der Waals surface area contributed by atoms with Gasteiger partial charge in [0.05, 0.1) is 83.7 Å². The molecular formula is C27H54NO12+. The van der Waals surface area contributed by atoms with Crippen molar-refractivity contribution in [2.75, 3.05) is 86.1 Å². The Morgan fingerprint density at radius 2 is 1.25 bits per heavy atom. The average Bonchev–Trinajstić information content (AvgIpc) is 2.92. The van der Waals surface area contributed by atoms with Crippen LogP contribution in [0.15, 0.2) is 25.7 Å². The van der Waals surface area contributed by atoms with Gasteiger partial charge in [-0.3, -0.25) is 0 Å². The molecule has 0 radical (unpaired) electrons. The van der Waals surface area contributed by atoms with Gasteiger partial charge in [0.25, 0.3) is 0 Å². The maximum Gasteiger partial charge on any atom is 0.188 e. The van der Waals surface area contributed by atoms with E-state index in [4.69, 9.17) is 28.4 Å². The van der Waals surface area contributed by atoms with E-state index >= 15 is 0 Å². The summed E-state index contributed by atoms with van der Waals surface area (Å²) in [6.45, 7) is 10.2. The van der Waals surface area contributed by atoms with E-state index in [1.54, 1.807) is 0 Å². The van der Waals surface area contributed by atoms with E-state index in [2.05, 4.69) is 13.2 Å². The molecule has 0 aliphatic rings. The first-order valence-electron chi connectivity index (χ1n) is 13.8. The van der Waals surface area contributed by atoms with Crippen LogP contribution in [0, 0.1) is 5.41 Å². The van der Waals surface area contributed by atoms with Crippen molar-refractivity contribution in [1.82, 2.24) is 0 Å². The number of aliphatic hydroxyl groups excluding tert-OH is 6. The molecule has 0 aliphatic heterocycles. The van der Waals surface area contributed by atoms with Crippen molar-refractivity contribution in [3.05, 3.63) is 25.7 Å². The lowest BCUT2D eigenvalue weighted by Gasteiger charge is -2.38. The van der Waals surface area contributed by atoms with Crippen LogP contribution in [0.3, 0.4) is 0 Å². The van der Waals surface area contributed by atoms with Crippen molar-refractivity contribution < 1.29 is 64.0 Å². The van der Waals surface area contributed by atoms with E-state index in [9.17, 15) is 30.6 Å². The largest absolute Gasteiger partial charge is 0.476 e. The Bertz CT molecular complexity index is 596. The molecule has 5 atom stereocenters. The Labute approximate surface area is 238 Å². The normalized spacial score (nSPS) is 16.2. The fraction of sp³-hybridized carbons (Fsp3) is 0.852. The third-order valence-corrected chi connectivity index (χ3v) is 6.49. The molecule has 0 amide bonds. The van der Waals surface area contributed by atoms with Crippen LogP contribution in [0.1, 0.15) is 32.6 Å². The van der Waals surface area contributed by atoms with E-state index in [0.717, 1.165) is 4.90 Å². The number of quaternary nitrogens is 1. The molecule has 0 saturated carbocycles. The van der Waals surface area contributed by atoms with Crippen molar-refractivity contribution in [1.29, 1.82) is 0 Å². The zero-order chi connectivity index (χ0) is 30.1. The number of ether oxygens (including phenoxy) is 6. The zero-order valence-electron chi connectivity index (χ0n) is 24.0. The second-order valence-corrected chi connectivity index (χ2v) is 9.66. The van der Waals surface area contributed by atoms with Gasteiger partial charge in [0.2, 0.25) is 0 Å². The summed E-state index contributed by atoms with van der Waals surface area (Å²) >= 11 is 0. The van der Waals surface area contributed by atoms with Crippen LogP contribution >= 0.6 is 0 Å². The Morgan fingerprint density at radius 1 is 0.750 bits per heavy atom. The first-order chi connectivity index (χ1) is 19.3. The van der Waals surface area contributed by atoms with Crippen LogP contribution in [0.4, 0.5) is 0 Å². The molecule has 0 aromatic carbocycles. The second kappa shape index (κ2) is 25.4. The molecule has 238 valence electrons. The molecule has 0 aromatic heterocycles. The van der Waals surface area contributed by atoms with Crippen LogP contribution in [0.25, 0.3) is 0 Å². The van der Waals surface area contributed by atoms with Crippen LogP contribution in [-0.4, -0.2) is 141 Å². The van der Waals surface area contributed by atoms with Gasteiger partial charge in [-0.2, -0.15) is 0 Å². The summed E-state index contributed by atoms with van der Waals surface area (Å²) in [6.07, 6.45) is 0.0654. The van der Waals surface area contributed by atoms with Gasteiger partial charge in [-0.15, -0.1) is 0 Å². The molecule has 7 N–H and O–H groups in total. The predicted molar refractivity (Wildman–Crippen MR) is 146 cm³/mol. The molecular weight excluding hydrogens is 530 g/mol. The standard InChI is InChI=1S/C27H53NO12/c1-4-27(19-39-17-24(32)8-14-38-22-36-6-3,26(34)15-23(31)7-13-37-21-35-5-2)20-40-18-25(33)16-28(9-11-29)10-12-30/h5-6,23-26,29-34H,2-4,7-22H2,1H3/p+1. The summed E-state index contributed by atoms with van der Waals surface area (Å²) in [5.41, 5.74) is -0.926. The first-order valence-corrected chi connectivity index (χ1v) is 13.8. The highest BCUT2D eigenvalue weighted by Crippen LogP contribution is 2.31. The van der Waals surface area contributed by atoms with Gasteiger partial charge >= 0.3 is 0 Å². The monoisotopic (exact) mass is 584 g/mol. The number of nitrogens with one attached hydrogen (secondary N) is 1. The summed E-state index contributed by atoms with van der Waals surface area (Å²) in [7, 11) is 0. The van der Waals surface area contributed by atoms with Crippen molar-refractivity contribution in [2.24, 2.45) is 5.41 Å². The van der Waals surface area contributed by atoms with E-state index < -0.39 is 29.8 Å². The van der Waals surface area contributed by atoms with Crippen LogP contribution in [0.2, 0.25) is 0 Å². The lowest BCUT2D eigenvalue weighted by atomic mass is 9.78. The maximum atomic E-state index is 11.2. The summed E-state index contributed by atoms with van der Waals surface area (Å²) in [5.74, 6) is 0. The molecule has 0 aromatic rings. The average molecular weight is 585 g/mol. The number of hydrogen-bond donors (Lipinski definition) is 7. The molecule has 0 rings (SSSR count). The fourth-order valence-corrected chi connectivity index (χ4v) is 3.97.